The monoisotopic (exact) mass is 340 g/mol. The van der Waals surface area contributed by atoms with E-state index < -0.39 is 22.5 Å². The average molecular weight is 340 g/mol. The van der Waals surface area contributed by atoms with Crippen LogP contribution in [0, 0.1) is 0 Å². The number of methoxy groups -OCH3 is 1. The summed E-state index contributed by atoms with van der Waals surface area (Å²) in [6, 6.07) is 8.96. The van der Waals surface area contributed by atoms with Crippen LogP contribution in [0.25, 0.3) is 0 Å². The molecule has 2 N–H and O–H groups in total. The molecular weight excluding hydrogens is 324 g/mol. The second-order valence-electron chi connectivity index (χ2n) is 4.56. The number of amides is 1. The van der Waals surface area contributed by atoms with E-state index in [4.69, 9.17) is 14.4 Å². The van der Waals surface area contributed by atoms with E-state index in [1.165, 1.54) is 43.1 Å². The summed E-state index contributed by atoms with van der Waals surface area (Å²) in [5, 5.41) is 8.65. The standard InChI is InChI=1S/C14H16N2O6S/c1-21-11-4-6-13(7-5-11)23(19,20)16(10-14(17)15-18)9-12-3-2-8-22-12/h2-8,18H,9-10H2,1H3,(H,15,17). The van der Waals surface area contributed by atoms with Crippen LogP contribution in [0.4, 0.5) is 0 Å². The Bertz CT molecular complexity index is 740. The van der Waals surface area contributed by atoms with Crippen molar-refractivity contribution in [3.63, 3.8) is 0 Å². The number of furan rings is 1. The summed E-state index contributed by atoms with van der Waals surface area (Å²) in [5.74, 6) is 0.0242. The number of benzene rings is 1. The zero-order valence-corrected chi connectivity index (χ0v) is 13.1. The molecule has 1 aromatic heterocycles. The van der Waals surface area contributed by atoms with Gasteiger partial charge in [-0.05, 0) is 36.4 Å². The van der Waals surface area contributed by atoms with E-state index in [1.807, 2.05) is 0 Å². The molecule has 1 aromatic carbocycles. The van der Waals surface area contributed by atoms with Crippen LogP contribution < -0.4 is 10.2 Å². The lowest BCUT2D eigenvalue weighted by atomic mass is 10.3. The van der Waals surface area contributed by atoms with Gasteiger partial charge in [0.15, 0.2) is 0 Å². The van der Waals surface area contributed by atoms with Crippen LogP contribution in [0.5, 0.6) is 5.75 Å². The van der Waals surface area contributed by atoms with E-state index in [1.54, 1.807) is 12.1 Å². The van der Waals surface area contributed by atoms with Crippen molar-refractivity contribution in [3.8, 4) is 5.75 Å². The number of hydrogen-bond acceptors (Lipinski definition) is 6. The van der Waals surface area contributed by atoms with E-state index in [0.717, 1.165) is 4.31 Å². The Morgan fingerprint density at radius 1 is 1.30 bits per heavy atom. The van der Waals surface area contributed by atoms with Crippen molar-refractivity contribution in [2.24, 2.45) is 0 Å². The SMILES string of the molecule is COc1ccc(S(=O)(=O)N(CC(=O)NO)Cc2ccco2)cc1. The average Bonchev–Trinajstić information content (AvgIpc) is 3.07. The highest BCUT2D eigenvalue weighted by Gasteiger charge is 2.27. The van der Waals surface area contributed by atoms with E-state index in [0.29, 0.717) is 11.5 Å². The van der Waals surface area contributed by atoms with Gasteiger partial charge in [-0.15, -0.1) is 0 Å². The summed E-state index contributed by atoms with van der Waals surface area (Å²) in [5.41, 5.74) is 1.42. The third-order valence-electron chi connectivity index (χ3n) is 3.05. The Hall–Kier alpha value is -2.36. The fourth-order valence-electron chi connectivity index (χ4n) is 1.89. The van der Waals surface area contributed by atoms with Gasteiger partial charge < -0.3 is 9.15 Å². The van der Waals surface area contributed by atoms with Crippen LogP contribution in [-0.4, -0.2) is 37.5 Å². The molecule has 8 nitrogen and oxygen atoms in total. The van der Waals surface area contributed by atoms with Gasteiger partial charge in [0.05, 0.1) is 31.4 Å². The maximum absolute atomic E-state index is 12.7. The van der Waals surface area contributed by atoms with E-state index in [9.17, 15) is 13.2 Å². The molecule has 0 aliphatic carbocycles. The van der Waals surface area contributed by atoms with Crippen LogP contribution in [-0.2, 0) is 21.4 Å². The lowest BCUT2D eigenvalue weighted by Gasteiger charge is -2.20. The highest BCUT2D eigenvalue weighted by atomic mass is 32.2. The van der Waals surface area contributed by atoms with Gasteiger partial charge in [-0.3, -0.25) is 10.0 Å². The van der Waals surface area contributed by atoms with Gasteiger partial charge in [-0.2, -0.15) is 4.31 Å². The maximum atomic E-state index is 12.7. The number of nitrogens with zero attached hydrogens (tertiary/aromatic N) is 1. The molecule has 124 valence electrons. The molecule has 0 saturated carbocycles. The number of nitrogens with one attached hydrogen (secondary N) is 1. The molecule has 0 aliphatic rings. The lowest BCUT2D eigenvalue weighted by molar-refractivity contribution is -0.129. The topological polar surface area (TPSA) is 109 Å². The van der Waals surface area contributed by atoms with Crippen molar-refractivity contribution in [3.05, 3.63) is 48.4 Å². The van der Waals surface area contributed by atoms with Gasteiger partial charge >= 0.3 is 0 Å². The van der Waals surface area contributed by atoms with Crippen LogP contribution in [0.3, 0.4) is 0 Å². The first-order valence-corrected chi connectivity index (χ1v) is 8.01. The minimum absolute atomic E-state index is 0.00408. The summed E-state index contributed by atoms with van der Waals surface area (Å²) in [4.78, 5) is 11.4. The highest BCUT2D eigenvalue weighted by Crippen LogP contribution is 2.21. The Morgan fingerprint density at radius 2 is 2.00 bits per heavy atom. The number of carbonyl (C=O) groups excluding carboxylic acids is 1. The molecule has 2 rings (SSSR count). The zero-order valence-electron chi connectivity index (χ0n) is 12.3. The molecule has 0 spiro atoms. The van der Waals surface area contributed by atoms with Crippen molar-refractivity contribution in [2.75, 3.05) is 13.7 Å². The Labute approximate surface area is 133 Å². The molecule has 0 aliphatic heterocycles. The van der Waals surface area contributed by atoms with E-state index in [2.05, 4.69) is 0 Å². The normalized spacial score (nSPS) is 11.4. The fraction of sp³-hybridized carbons (Fsp3) is 0.214. The predicted molar refractivity (Wildman–Crippen MR) is 79.2 cm³/mol. The molecular formula is C14H16N2O6S. The third-order valence-corrected chi connectivity index (χ3v) is 4.86. The van der Waals surface area contributed by atoms with Gasteiger partial charge in [-0.25, -0.2) is 13.9 Å². The molecule has 0 unspecified atom stereocenters. The van der Waals surface area contributed by atoms with Gasteiger partial charge in [0, 0.05) is 0 Å². The largest absolute Gasteiger partial charge is 0.497 e. The van der Waals surface area contributed by atoms with Crippen LogP contribution in [0.15, 0.2) is 52.0 Å². The predicted octanol–water partition coefficient (Wildman–Crippen LogP) is 0.984. The minimum Gasteiger partial charge on any atom is -0.497 e. The quantitative estimate of drug-likeness (QED) is 0.574. The number of hydrogen-bond donors (Lipinski definition) is 2. The van der Waals surface area contributed by atoms with Crippen molar-refractivity contribution in [1.29, 1.82) is 0 Å². The second-order valence-corrected chi connectivity index (χ2v) is 6.50. The van der Waals surface area contributed by atoms with Gasteiger partial charge in [0.2, 0.25) is 10.0 Å². The van der Waals surface area contributed by atoms with Crippen LogP contribution >= 0.6 is 0 Å². The first-order valence-electron chi connectivity index (χ1n) is 6.57. The molecule has 23 heavy (non-hydrogen) atoms. The first-order chi connectivity index (χ1) is 11.0. The highest BCUT2D eigenvalue weighted by molar-refractivity contribution is 7.89. The number of hydroxylamine groups is 1. The lowest BCUT2D eigenvalue weighted by Crippen LogP contribution is -2.39. The molecule has 0 saturated heterocycles. The van der Waals surface area contributed by atoms with Gasteiger partial charge in [0.25, 0.3) is 5.91 Å². The molecule has 2 aromatic rings. The maximum Gasteiger partial charge on any atom is 0.258 e. The number of carbonyl (C=O) groups is 1. The number of ether oxygens (including phenoxy) is 1. The van der Waals surface area contributed by atoms with E-state index >= 15 is 0 Å². The summed E-state index contributed by atoms with van der Waals surface area (Å²) in [6.07, 6.45) is 1.40. The third kappa shape index (κ3) is 4.09. The number of sulfonamides is 1. The minimum atomic E-state index is -3.96. The van der Waals surface area contributed by atoms with Crippen LogP contribution in [0.2, 0.25) is 0 Å². The van der Waals surface area contributed by atoms with Crippen molar-refractivity contribution in [1.82, 2.24) is 9.79 Å². The summed E-state index contributed by atoms with van der Waals surface area (Å²) in [7, 11) is -2.49. The molecule has 0 atom stereocenters. The fourth-order valence-corrected chi connectivity index (χ4v) is 3.26. The van der Waals surface area contributed by atoms with Gasteiger partial charge in [0.1, 0.15) is 11.5 Å². The Balaban J connectivity index is 2.32. The molecule has 0 bridgehead atoms. The van der Waals surface area contributed by atoms with Crippen molar-refractivity contribution < 1.29 is 27.6 Å². The summed E-state index contributed by atoms with van der Waals surface area (Å²) >= 11 is 0. The molecule has 0 fully saturated rings. The molecule has 9 heteroatoms. The summed E-state index contributed by atoms with van der Waals surface area (Å²) in [6.45, 7) is -0.694. The molecule has 1 amide bonds. The van der Waals surface area contributed by atoms with E-state index in [-0.39, 0.29) is 11.4 Å². The van der Waals surface area contributed by atoms with Crippen molar-refractivity contribution >= 4 is 15.9 Å². The molecule has 0 radical (unpaired) electrons. The Morgan fingerprint density at radius 3 is 2.52 bits per heavy atom. The summed E-state index contributed by atoms with van der Waals surface area (Å²) < 4.78 is 36.4. The van der Waals surface area contributed by atoms with Gasteiger partial charge in [-0.1, -0.05) is 0 Å². The van der Waals surface area contributed by atoms with Crippen LogP contribution in [0.1, 0.15) is 5.76 Å². The first kappa shape index (κ1) is 17.0. The zero-order chi connectivity index (χ0) is 16.9. The molecule has 1 heterocycles. The smallest absolute Gasteiger partial charge is 0.258 e. The van der Waals surface area contributed by atoms with Crippen molar-refractivity contribution in [2.45, 2.75) is 11.4 Å². The second kappa shape index (κ2) is 7.27. The number of rotatable bonds is 7. The Kier molecular flexibility index (Phi) is 5.37.